The van der Waals surface area contributed by atoms with Crippen molar-refractivity contribution in [2.24, 2.45) is 17.8 Å². The Hall–Kier alpha value is -1.26. The van der Waals surface area contributed by atoms with Gasteiger partial charge in [-0.2, -0.15) is 0 Å². The second-order valence-corrected chi connectivity index (χ2v) is 16.2. The number of hydrogen-bond donors (Lipinski definition) is 4. The highest BCUT2D eigenvalue weighted by atomic mass is 16.7. The minimum atomic E-state index is -1.77. The highest BCUT2D eigenvalue weighted by molar-refractivity contribution is 5.91. The molecule has 0 radical (unpaired) electrons. The Balaban J connectivity index is 2.12. The standard InChI is InChI=1S/C37H68N2O11/c1-14-27-37(10,44)30(40)24(6)38-17-15-16-35(8,43)32(50-34-21(3)26(39(11)12)18-20(2)46-34)22(4)29(23(5)33(42)48-27)49-28-19-36(9,45-13)31(41)25(7)47-28/h20-30,32,34,38,40,43-44H,14-19H2,1-13H3/t20-,21-,22+,23-,24-,25+,26+,27-,28+,29+,30-,32-,34+,35-,36-,37-/m1/s1. The van der Waals surface area contributed by atoms with E-state index < -0.39 is 83.7 Å². The first-order valence-corrected chi connectivity index (χ1v) is 18.6. The van der Waals surface area contributed by atoms with Gasteiger partial charge in [0.2, 0.25) is 0 Å². The first kappa shape index (κ1) is 43.1. The van der Waals surface area contributed by atoms with E-state index in [-0.39, 0.29) is 36.7 Å². The van der Waals surface area contributed by atoms with Gasteiger partial charge in [0.15, 0.2) is 18.4 Å². The molecule has 50 heavy (non-hydrogen) atoms. The molecule has 0 aromatic carbocycles. The van der Waals surface area contributed by atoms with Crippen molar-refractivity contribution >= 4 is 11.8 Å². The van der Waals surface area contributed by atoms with Gasteiger partial charge in [0.25, 0.3) is 0 Å². The predicted octanol–water partition coefficient (Wildman–Crippen LogP) is 2.80. The molecule has 0 aromatic heterocycles. The number of carbonyl (C=O) groups is 2. The number of aliphatic hydroxyl groups excluding tert-OH is 1. The molecule has 0 bridgehead atoms. The lowest BCUT2D eigenvalue weighted by atomic mass is 9.79. The summed E-state index contributed by atoms with van der Waals surface area (Å²) in [4.78, 5) is 29.3. The van der Waals surface area contributed by atoms with Crippen LogP contribution >= 0.6 is 0 Å². The number of nitrogens with one attached hydrogen (secondary N) is 1. The van der Waals surface area contributed by atoms with Gasteiger partial charge in [-0.15, -0.1) is 0 Å². The second kappa shape index (κ2) is 17.3. The number of esters is 1. The van der Waals surface area contributed by atoms with Crippen molar-refractivity contribution in [3.05, 3.63) is 0 Å². The lowest BCUT2D eigenvalue weighted by molar-refractivity contribution is -0.296. The molecule has 0 saturated carbocycles. The molecule has 0 amide bonds. The zero-order valence-electron chi connectivity index (χ0n) is 32.8. The van der Waals surface area contributed by atoms with Crippen LogP contribution < -0.4 is 5.32 Å². The first-order chi connectivity index (χ1) is 23.1. The number of nitrogens with zero attached hydrogens (tertiary/aromatic N) is 1. The molecule has 0 spiro atoms. The van der Waals surface area contributed by atoms with Crippen LogP contribution in [0.5, 0.6) is 0 Å². The lowest BCUT2D eigenvalue weighted by Gasteiger charge is -2.48. The molecule has 0 aromatic rings. The molecule has 4 N–H and O–H groups in total. The van der Waals surface area contributed by atoms with E-state index in [0.29, 0.717) is 19.4 Å². The number of carbonyl (C=O) groups excluding carboxylic acids is 2. The van der Waals surface area contributed by atoms with Crippen LogP contribution in [-0.4, -0.2) is 138 Å². The van der Waals surface area contributed by atoms with E-state index in [9.17, 15) is 24.9 Å². The van der Waals surface area contributed by atoms with E-state index in [4.69, 9.17) is 28.4 Å². The van der Waals surface area contributed by atoms with Gasteiger partial charge in [0.05, 0.1) is 29.8 Å². The van der Waals surface area contributed by atoms with E-state index >= 15 is 0 Å². The Morgan fingerprint density at radius 2 is 1.62 bits per heavy atom. The third-order valence-corrected chi connectivity index (χ3v) is 11.6. The molecule has 3 heterocycles. The lowest BCUT2D eigenvalue weighted by Crippen LogP contribution is -2.59. The SMILES string of the molecule is CC[C@H]1OC(=O)[C@H](C)[C@@H](O[C@H]2C[C@@](C)(OC)C(=O)[C@H](C)O2)[C@H](C)[C@@H](O[C@@H]2O[C@H](C)C[C@H](N(C)C)[C@H]2C)[C@](C)(O)CCCN[C@H](C)[C@@H](O)[C@]1(C)O. The fourth-order valence-electron chi connectivity index (χ4n) is 8.18. The minimum absolute atomic E-state index is 0.0462. The second-order valence-electron chi connectivity index (χ2n) is 16.2. The zero-order valence-corrected chi connectivity index (χ0v) is 32.8. The summed E-state index contributed by atoms with van der Waals surface area (Å²) < 4.78 is 37.6. The Morgan fingerprint density at radius 1 is 0.980 bits per heavy atom. The van der Waals surface area contributed by atoms with Crippen LogP contribution in [0.15, 0.2) is 0 Å². The molecule has 0 aliphatic carbocycles. The maximum atomic E-state index is 14.1. The molecule has 3 rings (SSSR count). The average molecular weight is 717 g/mol. The summed E-state index contributed by atoms with van der Waals surface area (Å²) in [7, 11) is 5.53. The van der Waals surface area contributed by atoms with Gasteiger partial charge in [-0.1, -0.05) is 20.8 Å². The number of hydrogen-bond acceptors (Lipinski definition) is 13. The predicted molar refractivity (Wildman–Crippen MR) is 187 cm³/mol. The summed E-state index contributed by atoms with van der Waals surface area (Å²) in [5.41, 5.74) is -4.38. The van der Waals surface area contributed by atoms with Crippen molar-refractivity contribution in [1.29, 1.82) is 0 Å². The summed E-state index contributed by atoms with van der Waals surface area (Å²) >= 11 is 0. The Labute approximate surface area is 300 Å². The van der Waals surface area contributed by atoms with Gasteiger partial charge < -0.3 is 54.0 Å². The van der Waals surface area contributed by atoms with Crippen molar-refractivity contribution in [3.8, 4) is 0 Å². The van der Waals surface area contributed by atoms with Crippen LogP contribution in [0.3, 0.4) is 0 Å². The van der Waals surface area contributed by atoms with Gasteiger partial charge in [0.1, 0.15) is 29.5 Å². The summed E-state index contributed by atoms with van der Waals surface area (Å²) in [5.74, 6) is -2.53. The van der Waals surface area contributed by atoms with Crippen molar-refractivity contribution in [1.82, 2.24) is 10.2 Å². The van der Waals surface area contributed by atoms with E-state index in [2.05, 4.69) is 17.1 Å². The highest BCUT2D eigenvalue weighted by Crippen LogP contribution is 2.39. The van der Waals surface area contributed by atoms with Crippen LogP contribution in [0.1, 0.15) is 101 Å². The third kappa shape index (κ3) is 9.64. The normalized spacial score (nSPS) is 47.7. The molecule has 16 atom stereocenters. The van der Waals surface area contributed by atoms with E-state index in [1.807, 2.05) is 27.9 Å². The summed E-state index contributed by atoms with van der Waals surface area (Å²) in [6.45, 7) is 18.1. The van der Waals surface area contributed by atoms with Gasteiger partial charge in [-0.05, 0) is 94.8 Å². The maximum absolute atomic E-state index is 14.1. The maximum Gasteiger partial charge on any atom is 0.311 e. The fourth-order valence-corrected chi connectivity index (χ4v) is 8.18. The fraction of sp³-hybridized carbons (Fsp3) is 0.946. The molecule has 3 fully saturated rings. The molecular formula is C37H68N2O11. The van der Waals surface area contributed by atoms with Crippen molar-refractivity contribution in [2.75, 3.05) is 27.7 Å². The molecule has 3 saturated heterocycles. The molecular weight excluding hydrogens is 648 g/mol. The number of rotatable bonds is 7. The average Bonchev–Trinajstić information content (AvgIpc) is 3.04. The van der Waals surface area contributed by atoms with Crippen LogP contribution in [0.2, 0.25) is 0 Å². The molecule has 292 valence electrons. The number of Topliss-reactive ketones (excluding diaryl/α,β-unsaturated/α-hetero) is 1. The third-order valence-electron chi connectivity index (χ3n) is 11.6. The quantitative estimate of drug-likeness (QED) is 0.285. The topological polar surface area (TPSA) is 165 Å². The Morgan fingerprint density at radius 3 is 2.20 bits per heavy atom. The number of ether oxygens (including phenoxy) is 6. The molecule has 3 aliphatic rings. The van der Waals surface area contributed by atoms with Crippen molar-refractivity contribution in [2.45, 2.75) is 179 Å². The number of ketones is 1. The smallest absolute Gasteiger partial charge is 0.311 e. The summed E-state index contributed by atoms with van der Waals surface area (Å²) in [6.07, 6.45) is -4.70. The van der Waals surface area contributed by atoms with Crippen LogP contribution in [0.4, 0.5) is 0 Å². The largest absolute Gasteiger partial charge is 0.459 e. The first-order valence-electron chi connectivity index (χ1n) is 18.6. The van der Waals surface area contributed by atoms with Crippen LogP contribution in [-0.2, 0) is 38.0 Å². The number of aliphatic hydroxyl groups is 3. The van der Waals surface area contributed by atoms with Gasteiger partial charge in [-0.25, -0.2) is 0 Å². The van der Waals surface area contributed by atoms with Gasteiger partial charge in [0, 0.05) is 37.5 Å². The van der Waals surface area contributed by atoms with Crippen molar-refractivity contribution < 1.29 is 53.3 Å². The molecule has 13 nitrogen and oxygen atoms in total. The zero-order chi connectivity index (χ0) is 37.9. The van der Waals surface area contributed by atoms with Crippen LogP contribution in [0, 0.1) is 17.8 Å². The number of cyclic esters (lactones) is 1. The Kier molecular flexibility index (Phi) is 14.9. The molecule has 0 unspecified atom stereocenters. The molecule has 13 heteroatoms. The monoisotopic (exact) mass is 716 g/mol. The number of methoxy groups -OCH3 is 1. The van der Waals surface area contributed by atoms with E-state index in [1.54, 1.807) is 41.5 Å². The van der Waals surface area contributed by atoms with E-state index in [1.165, 1.54) is 14.0 Å². The molecule has 3 aliphatic heterocycles. The van der Waals surface area contributed by atoms with E-state index in [0.717, 1.165) is 6.42 Å². The summed E-state index contributed by atoms with van der Waals surface area (Å²) in [5, 5.41) is 38.3. The minimum Gasteiger partial charge on any atom is -0.459 e. The summed E-state index contributed by atoms with van der Waals surface area (Å²) in [6, 6.07) is -0.374. The Bertz CT molecular complexity index is 1120. The highest BCUT2D eigenvalue weighted by Gasteiger charge is 2.51. The van der Waals surface area contributed by atoms with Gasteiger partial charge in [-0.3, -0.25) is 9.59 Å². The van der Waals surface area contributed by atoms with Gasteiger partial charge >= 0.3 is 5.97 Å². The van der Waals surface area contributed by atoms with Crippen LogP contribution in [0.25, 0.3) is 0 Å². The van der Waals surface area contributed by atoms with Crippen molar-refractivity contribution in [3.63, 3.8) is 0 Å².